The summed E-state index contributed by atoms with van der Waals surface area (Å²) in [6.45, 7) is 0.0254. The van der Waals surface area contributed by atoms with Gasteiger partial charge in [-0.2, -0.15) is 0 Å². The Labute approximate surface area is 102 Å². The van der Waals surface area contributed by atoms with Gasteiger partial charge in [0.05, 0.1) is 6.61 Å². The van der Waals surface area contributed by atoms with E-state index in [0.29, 0.717) is 0 Å². The molecule has 1 aliphatic heterocycles. The van der Waals surface area contributed by atoms with Gasteiger partial charge in [-0.3, -0.25) is 0 Å². The number of ether oxygens (including phenoxy) is 1. The molecule has 2 unspecified atom stereocenters. The molecule has 1 fully saturated rings. The highest BCUT2D eigenvalue weighted by molar-refractivity contribution is 7.80. The molecule has 0 aromatic heterocycles. The van der Waals surface area contributed by atoms with Gasteiger partial charge in [-0.05, 0) is 6.07 Å². The van der Waals surface area contributed by atoms with Crippen LogP contribution in [0.1, 0.15) is 11.7 Å². The average molecular weight is 261 g/mol. The summed E-state index contributed by atoms with van der Waals surface area (Å²) in [4.78, 5) is 0.211. The lowest BCUT2D eigenvalue weighted by atomic mass is 10.0. The minimum Gasteiger partial charge on any atom is -0.367 e. The summed E-state index contributed by atoms with van der Waals surface area (Å²) in [5.74, 6) is -0.558. The Morgan fingerprint density at radius 3 is 2.71 bits per heavy atom. The van der Waals surface area contributed by atoms with E-state index < -0.39 is 24.4 Å². The second-order valence-corrected chi connectivity index (χ2v) is 4.17. The first-order valence-corrected chi connectivity index (χ1v) is 5.44. The van der Waals surface area contributed by atoms with Crippen LogP contribution >= 0.6 is 12.2 Å². The fourth-order valence-electron chi connectivity index (χ4n) is 1.76. The van der Waals surface area contributed by atoms with Crippen LogP contribution in [-0.4, -0.2) is 24.1 Å². The van der Waals surface area contributed by atoms with Crippen molar-refractivity contribution in [3.05, 3.63) is 35.6 Å². The van der Waals surface area contributed by atoms with E-state index in [2.05, 4.69) is 5.32 Å². The number of hydrogen-bond acceptors (Lipinski definition) is 2. The number of halogens is 3. The molecule has 1 aliphatic rings. The molecule has 0 amide bonds. The molecular formula is C11H10F3NOS. The molecule has 1 N–H and O–H groups in total. The number of benzene rings is 1. The Hall–Kier alpha value is -1.14. The van der Waals surface area contributed by atoms with Crippen molar-refractivity contribution < 1.29 is 17.9 Å². The average Bonchev–Trinajstić information content (AvgIpc) is 2.30. The molecule has 1 aromatic carbocycles. The lowest BCUT2D eigenvalue weighted by Gasteiger charge is -2.33. The maximum Gasteiger partial charge on any atom is 0.261 e. The van der Waals surface area contributed by atoms with Gasteiger partial charge in [-0.1, -0.05) is 30.4 Å². The summed E-state index contributed by atoms with van der Waals surface area (Å²) < 4.78 is 44.4. The SMILES string of the molecule is Fc1ccccc1C1OCC(=S)NC1C(F)F. The maximum absolute atomic E-state index is 13.5. The lowest BCUT2D eigenvalue weighted by Crippen LogP contribution is -2.50. The highest BCUT2D eigenvalue weighted by Crippen LogP contribution is 2.29. The van der Waals surface area contributed by atoms with Crippen LogP contribution in [0.25, 0.3) is 0 Å². The van der Waals surface area contributed by atoms with E-state index in [4.69, 9.17) is 17.0 Å². The van der Waals surface area contributed by atoms with Crippen molar-refractivity contribution in [1.82, 2.24) is 5.32 Å². The molecule has 92 valence electrons. The van der Waals surface area contributed by atoms with Crippen molar-refractivity contribution in [3.8, 4) is 0 Å². The third kappa shape index (κ3) is 2.58. The van der Waals surface area contributed by atoms with Gasteiger partial charge in [0.25, 0.3) is 6.43 Å². The summed E-state index contributed by atoms with van der Waals surface area (Å²) in [5, 5.41) is 2.48. The van der Waals surface area contributed by atoms with Crippen LogP contribution in [0.2, 0.25) is 0 Å². The van der Waals surface area contributed by atoms with Gasteiger partial charge in [0.1, 0.15) is 23.0 Å². The zero-order chi connectivity index (χ0) is 12.4. The molecule has 1 aromatic rings. The van der Waals surface area contributed by atoms with E-state index in [1.807, 2.05) is 0 Å². The number of thiocarbonyl (C=S) groups is 1. The Kier molecular flexibility index (Phi) is 3.63. The fraction of sp³-hybridized carbons (Fsp3) is 0.364. The molecule has 0 bridgehead atoms. The Balaban J connectivity index is 2.30. The van der Waals surface area contributed by atoms with Crippen LogP contribution in [0.5, 0.6) is 0 Å². The van der Waals surface area contributed by atoms with E-state index in [1.54, 1.807) is 6.07 Å². The van der Waals surface area contributed by atoms with Crippen molar-refractivity contribution in [1.29, 1.82) is 0 Å². The number of nitrogens with one attached hydrogen (secondary N) is 1. The summed E-state index contributed by atoms with van der Waals surface area (Å²) in [5.41, 5.74) is 0.118. The smallest absolute Gasteiger partial charge is 0.261 e. The molecule has 0 aliphatic carbocycles. The van der Waals surface area contributed by atoms with E-state index >= 15 is 0 Å². The second-order valence-electron chi connectivity index (χ2n) is 3.68. The first kappa shape index (κ1) is 12.3. The standard InChI is InChI=1S/C11H10F3NOS/c12-7-4-2-1-3-6(7)10-9(11(13)14)15-8(17)5-16-10/h1-4,9-11H,5H2,(H,15,17). The number of hydrogen-bond donors (Lipinski definition) is 1. The largest absolute Gasteiger partial charge is 0.367 e. The third-order valence-corrected chi connectivity index (χ3v) is 2.77. The Bertz CT molecular complexity index is 427. The molecule has 0 saturated carbocycles. The molecule has 0 radical (unpaired) electrons. The predicted octanol–water partition coefficient (Wildman–Crippen LogP) is 2.45. The van der Waals surface area contributed by atoms with Gasteiger partial charge in [-0.15, -0.1) is 0 Å². The molecule has 2 nitrogen and oxygen atoms in total. The first-order chi connectivity index (χ1) is 8.09. The third-order valence-electron chi connectivity index (χ3n) is 2.53. The monoisotopic (exact) mass is 261 g/mol. The van der Waals surface area contributed by atoms with E-state index in [9.17, 15) is 13.2 Å². The number of morpholine rings is 1. The van der Waals surface area contributed by atoms with Crippen molar-refractivity contribution in [2.24, 2.45) is 0 Å². The highest BCUT2D eigenvalue weighted by Gasteiger charge is 2.37. The topological polar surface area (TPSA) is 21.3 Å². The van der Waals surface area contributed by atoms with Crippen molar-refractivity contribution in [2.45, 2.75) is 18.6 Å². The van der Waals surface area contributed by atoms with E-state index in [-0.39, 0.29) is 17.2 Å². The summed E-state index contributed by atoms with van der Waals surface area (Å²) in [7, 11) is 0. The van der Waals surface area contributed by atoms with Gasteiger partial charge in [-0.25, -0.2) is 13.2 Å². The van der Waals surface area contributed by atoms with Crippen molar-refractivity contribution in [3.63, 3.8) is 0 Å². The molecule has 0 spiro atoms. The van der Waals surface area contributed by atoms with Crippen LogP contribution in [-0.2, 0) is 4.74 Å². The summed E-state index contributed by atoms with van der Waals surface area (Å²) in [6, 6.07) is 4.42. The summed E-state index contributed by atoms with van der Waals surface area (Å²) >= 11 is 4.77. The van der Waals surface area contributed by atoms with Crippen LogP contribution in [0.15, 0.2) is 24.3 Å². The molecule has 1 heterocycles. The zero-order valence-electron chi connectivity index (χ0n) is 8.70. The first-order valence-electron chi connectivity index (χ1n) is 5.03. The van der Waals surface area contributed by atoms with Crippen molar-refractivity contribution >= 4 is 17.2 Å². The molecule has 2 atom stereocenters. The van der Waals surface area contributed by atoms with Gasteiger partial charge >= 0.3 is 0 Å². The Morgan fingerprint density at radius 2 is 2.06 bits per heavy atom. The number of rotatable bonds is 2. The quantitative estimate of drug-likeness (QED) is 0.826. The second kappa shape index (κ2) is 5.01. The fourth-order valence-corrected chi connectivity index (χ4v) is 1.96. The normalized spacial score (nSPS) is 24.8. The van der Waals surface area contributed by atoms with E-state index in [0.717, 1.165) is 0 Å². The van der Waals surface area contributed by atoms with Crippen LogP contribution in [0, 0.1) is 5.82 Å². The Morgan fingerprint density at radius 1 is 1.35 bits per heavy atom. The van der Waals surface area contributed by atoms with Gasteiger partial charge < -0.3 is 10.1 Å². The lowest BCUT2D eigenvalue weighted by molar-refractivity contribution is -0.0259. The number of alkyl halides is 2. The maximum atomic E-state index is 13.5. The zero-order valence-corrected chi connectivity index (χ0v) is 9.52. The molecule has 17 heavy (non-hydrogen) atoms. The molecule has 1 saturated heterocycles. The van der Waals surface area contributed by atoms with Crippen molar-refractivity contribution in [2.75, 3.05) is 6.61 Å². The molecule has 6 heteroatoms. The van der Waals surface area contributed by atoms with Crippen LogP contribution in [0.3, 0.4) is 0 Å². The highest BCUT2D eigenvalue weighted by atomic mass is 32.1. The van der Waals surface area contributed by atoms with Gasteiger partial charge in [0.15, 0.2) is 0 Å². The molecular weight excluding hydrogens is 251 g/mol. The summed E-state index contributed by atoms with van der Waals surface area (Å²) in [6.07, 6.45) is -3.71. The minimum atomic E-state index is -2.68. The van der Waals surface area contributed by atoms with Gasteiger partial charge in [0.2, 0.25) is 0 Å². The molecule has 2 rings (SSSR count). The minimum absolute atomic E-state index is 0.0254. The van der Waals surface area contributed by atoms with Crippen LogP contribution in [0.4, 0.5) is 13.2 Å². The predicted molar refractivity (Wildman–Crippen MR) is 60.6 cm³/mol. The van der Waals surface area contributed by atoms with Gasteiger partial charge in [0, 0.05) is 5.56 Å². The van der Waals surface area contributed by atoms with E-state index in [1.165, 1.54) is 18.2 Å². The van der Waals surface area contributed by atoms with Crippen LogP contribution < -0.4 is 5.32 Å².